The van der Waals surface area contributed by atoms with Crippen LogP contribution in [0.3, 0.4) is 0 Å². The zero-order valence-electron chi connectivity index (χ0n) is 7.82. The lowest BCUT2D eigenvalue weighted by atomic mass is 10.5. The molecule has 0 aliphatic rings. The Hall–Kier alpha value is 0.177. The first-order chi connectivity index (χ1) is 4.48. The maximum absolute atomic E-state index is 5.73. The summed E-state index contributed by atoms with van der Waals surface area (Å²) in [5.74, 6) is 0. The van der Waals surface area contributed by atoms with E-state index in [-0.39, 0.29) is 0 Å². The van der Waals surface area contributed by atoms with Crippen molar-refractivity contribution < 1.29 is 4.43 Å². The molecule has 0 spiro atoms. The van der Waals surface area contributed by atoms with Crippen molar-refractivity contribution in [3.05, 3.63) is 6.10 Å². The summed E-state index contributed by atoms with van der Waals surface area (Å²) >= 11 is 0. The highest BCUT2D eigenvalue weighted by Crippen LogP contribution is 2.17. The smallest absolute Gasteiger partial charge is 0.187 e. The maximum atomic E-state index is 5.73. The van der Waals surface area contributed by atoms with Crippen molar-refractivity contribution in [3.63, 3.8) is 0 Å². The molecule has 0 atom stereocenters. The van der Waals surface area contributed by atoms with Crippen LogP contribution in [0.5, 0.6) is 0 Å². The molecule has 0 saturated carbocycles. The first kappa shape index (κ1) is 10.2. The van der Waals surface area contributed by atoms with Crippen LogP contribution in [-0.2, 0) is 4.43 Å². The average molecular weight is 159 g/mol. The summed E-state index contributed by atoms with van der Waals surface area (Å²) in [7, 11) is -1.30. The second-order valence-electron chi connectivity index (χ2n) is 3.52. The molecule has 0 N–H and O–H groups in total. The van der Waals surface area contributed by atoms with Crippen LogP contribution < -0.4 is 0 Å². The highest BCUT2D eigenvalue weighted by molar-refractivity contribution is 6.71. The van der Waals surface area contributed by atoms with E-state index >= 15 is 0 Å². The molecule has 0 fully saturated rings. The quantitative estimate of drug-likeness (QED) is 0.572. The first-order valence-electron chi connectivity index (χ1n) is 3.97. The lowest BCUT2D eigenvalue weighted by Gasteiger charge is -2.24. The molecule has 0 aromatic carbocycles. The minimum absolute atomic E-state index is 1.12. The topological polar surface area (TPSA) is 9.23 Å². The Labute approximate surface area is 65.9 Å². The Morgan fingerprint density at radius 3 is 2.10 bits per heavy atom. The van der Waals surface area contributed by atoms with Crippen LogP contribution in [0.15, 0.2) is 0 Å². The summed E-state index contributed by atoms with van der Waals surface area (Å²) in [5.41, 5.74) is 0. The van der Waals surface area contributed by atoms with Gasteiger partial charge in [-0.1, -0.05) is 13.3 Å². The number of hydrogen-bond donors (Lipinski definition) is 0. The van der Waals surface area contributed by atoms with Gasteiger partial charge in [0.25, 0.3) is 0 Å². The predicted molar refractivity (Wildman–Crippen MR) is 48.3 cm³/mol. The summed E-state index contributed by atoms with van der Waals surface area (Å²) in [5, 5.41) is 0. The fraction of sp³-hybridized carbons (Fsp3) is 0.875. The van der Waals surface area contributed by atoms with Crippen molar-refractivity contribution in [1.82, 2.24) is 0 Å². The SMILES string of the molecule is CCC[Si](C)(C)O[C](C)C. The van der Waals surface area contributed by atoms with Gasteiger partial charge in [0, 0.05) is 0 Å². The Kier molecular flexibility index (Phi) is 4.21. The molecular formula is C8H19OSi. The monoisotopic (exact) mass is 159 g/mol. The van der Waals surface area contributed by atoms with Gasteiger partial charge in [-0.25, -0.2) is 0 Å². The molecule has 1 nitrogen and oxygen atoms in total. The maximum Gasteiger partial charge on any atom is 0.187 e. The van der Waals surface area contributed by atoms with E-state index in [4.69, 9.17) is 4.43 Å². The van der Waals surface area contributed by atoms with Crippen molar-refractivity contribution in [2.45, 2.75) is 46.3 Å². The minimum atomic E-state index is -1.30. The molecule has 0 amide bonds. The van der Waals surface area contributed by atoms with Gasteiger partial charge in [-0.15, -0.1) is 0 Å². The molecule has 0 aliphatic heterocycles. The summed E-state index contributed by atoms with van der Waals surface area (Å²) in [4.78, 5) is 0. The lowest BCUT2D eigenvalue weighted by Crippen LogP contribution is -2.30. The summed E-state index contributed by atoms with van der Waals surface area (Å²) in [6.07, 6.45) is 2.36. The van der Waals surface area contributed by atoms with Crippen LogP contribution in [0.4, 0.5) is 0 Å². The van der Waals surface area contributed by atoms with E-state index in [2.05, 4.69) is 20.0 Å². The molecule has 0 bridgehead atoms. The largest absolute Gasteiger partial charge is 0.410 e. The standard InChI is InChI=1S/C8H19OSi/c1-6-7-10(4,5)9-8(2)3/h6-7H2,1-5H3. The summed E-state index contributed by atoms with van der Waals surface area (Å²) < 4.78 is 5.73. The molecular weight excluding hydrogens is 140 g/mol. The molecule has 0 heterocycles. The normalized spacial score (nSPS) is 12.6. The Morgan fingerprint density at radius 1 is 1.30 bits per heavy atom. The van der Waals surface area contributed by atoms with Crippen molar-refractivity contribution in [2.75, 3.05) is 0 Å². The Bertz CT molecular complexity index is 89.3. The van der Waals surface area contributed by atoms with Crippen molar-refractivity contribution in [1.29, 1.82) is 0 Å². The van der Waals surface area contributed by atoms with Crippen LogP contribution >= 0.6 is 0 Å². The van der Waals surface area contributed by atoms with E-state index < -0.39 is 8.32 Å². The van der Waals surface area contributed by atoms with Crippen molar-refractivity contribution >= 4 is 8.32 Å². The van der Waals surface area contributed by atoms with E-state index in [1.54, 1.807) is 0 Å². The van der Waals surface area contributed by atoms with Crippen molar-refractivity contribution in [3.8, 4) is 0 Å². The van der Waals surface area contributed by atoms with Gasteiger partial charge >= 0.3 is 0 Å². The fourth-order valence-electron chi connectivity index (χ4n) is 1.21. The van der Waals surface area contributed by atoms with Crippen molar-refractivity contribution in [2.24, 2.45) is 0 Å². The molecule has 0 unspecified atom stereocenters. The highest BCUT2D eigenvalue weighted by Gasteiger charge is 2.22. The van der Waals surface area contributed by atoms with Gasteiger partial charge in [-0.3, -0.25) is 0 Å². The van der Waals surface area contributed by atoms with Crippen LogP contribution in [0, 0.1) is 6.10 Å². The van der Waals surface area contributed by atoms with E-state index in [0.29, 0.717) is 0 Å². The Balaban J connectivity index is 3.63. The second-order valence-corrected chi connectivity index (χ2v) is 7.74. The van der Waals surface area contributed by atoms with E-state index in [0.717, 1.165) is 6.10 Å². The minimum Gasteiger partial charge on any atom is -0.410 e. The van der Waals surface area contributed by atoms with Gasteiger partial charge in [0.2, 0.25) is 0 Å². The fourth-order valence-corrected chi connectivity index (χ4v) is 3.62. The molecule has 0 aromatic rings. The average Bonchev–Trinajstić information content (AvgIpc) is 1.59. The molecule has 0 aliphatic carbocycles. The van der Waals surface area contributed by atoms with Gasteiger partial charge in [0.15, 0.2) is 8.32 Å². The molecule has 1 radical (unpaired) electrons. The highest BCUT2D eigenvalue weighted by atomic mass is 28.4. The van der Waals surface area contributed by atoms with E-state index in [1.807, 2.05) is 13.8 Å². The zero-order chi connectivity index (χ0) is 8.20. The third-order valence-electron chi connectivity index (χ3n) is 1.33. The van der Waals surface area contributed by atoms with E-state index in [9.17, 15) is 0 Å². The van der Waals surface area contributed by atoms with Crippen LogP contribution in [0.2, 0.25) is 19.1 Å². The first-order valence-corrected chi connectivity index (χ1v) is 7.08. The predicted octanol–water partition coefficient (Wildman–Crippen LogP) is 3.19. The molecule has 61 valence electrons. The molecule has 2 heteroatoms. The van der Waals surface area contributed by atoms with Gasteiger partial charge in [0.05, 0.1) is 6.10 Å². The van der Waals surface area contributed by atoms with Crippen LogP contribution in [-0.4, -0.2) is 8.32 Å². The zero-order valence-corrected chi connectivity index (χ0v) is 8.82. The van der Waals surface area contributed by atoms with Gasteiger partial charge in [0.1, 0.15) is 0 Å². The molecule has 10 heavy (non-hydrogen) atoms. The van der Waals surface area contributed by atoms with Gasteiger partial charge < -0.3 is 4.43 Å². The third kappa shape index (κ3) is 5.00. The van der Waals surface area contributed by atoms with Crippen LogP contribution in [0.1, 0.15) is 27.2 Å². The molecule has 0 rings (SSSR count). The molecule has 0 saturated heterocycles. The summed E-state index contributed by atoms with van der Waals surface area (Å²) in [6.45, 7) is 10.8. The van der Waals surface area contributed by atoms with E-state index in [1.165, 1.54) is 12.5 Å². The molecule has 0 aromatic heterocycles. The third-order valence-corrected chi connectivity index (χ3v) is 4.00. The summed E-state index contributed by atoms with van der Waals surface area (Å²) in [6, 6.07) is 1.26. The van der Waals surface area contributed by atoms with Gasteiger partial charge in [-0.2, -0.15) is 0 Å². The van der Waals surface area contributed by atoms with Crippen LogP contribution in [0.25, 0.3) is 0 Å². The number of rotatable bonds is 4. The van der Waals surface area contributed by atoms with Gasteiger partial charge in [-0.05, 0) is 33.0 Å². The Morgan fingerprint density at radius 2 is 1.80 bits per heavy atom. The lowest BCUT2D eigenvalue weighted by molar-refractivity contribution is 0.334. The number of hydrogen-bond acceptors (Lipinski definition) is 1. The second kappa shape index (κ2) is 4.14.